The van der Waals surface area contributed by atoms with E-state index in [9.17, 15) is 13.2 Å². The molecule has 3 N–H and O–H groups in total. The van der Waals surface area contributed by atoms with Crippen molar-refractivity contribution in [3.63, 3.8) is 0 Å². The fourth-order valence-corrected chi connectivity index (χ4v) is 1.70. The van der Waals surface area contributed by atoms with Crippen molar-refractivity contribution in [3.8, 4) is 0 Å². The molecule has 0 unspecified atom stereocenters. The van der Waals surface area contributed by atoms with E-state index in [1.54, 1.807) is 12.1 Å². The minimum Gasteiger partial charge on any atom is -0.346 e. The highest BCUT2D eigenvalue weighted by Gasteiger charge is 2.40. The molecule has 0 saturated carbocycles. The van der Waals surface area contributed by atoms with Gasteiger partial charge in [0.25, 0.3) is 0 Å². The second-order valence-electron chi connectivity index (χ2n) is 3.47. The van der Waals surface area contributed by atoms with Crippen molar-refractivity contribution in [1.29, 1.82) is 0 Å². The van der Waals surface area contributed by atoms with Crippen molar-refractivity contribution in [1.82, 2.24) is 9.97 Å². The van der Waals surface area contributed by atoms with Crippen LogP contribution < -0.4 is 5.73 Å². The van der Waals surface area contributed by atoms with E-state index < -0.39 is 18.6 Å². The first kappa shape index (κ1) is 10.9. The summed E-state index contributed by atoms with van der Waals surface area (Å²) in [4.78, 5) is 6.65. The molecular weight excluding hydrogens is 219 g/mol. The predicted octanol–water partition coefficient (Wildman–Crippen LogP) is 2.17. The van der Waals surface area contributed by atoms with Crippen LogP contribution in [0, 0.1) is 0 Å². The van der Waals surface area contributed by atoms with Gasteiger partial charge in [-0.2, -0.15) is 13.2 Å². The highest BCUT2D eigenvalue weighted by Crippen LogP contribution is 2.36. The summed E-state index contributed by atoms with van der Waals surface area (Å²) in [5.41, 5.74) is 5.78. The van der Waals surface area contributed by atoms with Crippen LogP contribution in [0.3, 0.4) is 0 Å². The summed E-state index contributed by atoms with van der Waals surface area (Å²) in [6.45, 7) is -0.467. The van der Waals surface area contributed by atoms with Crippen LogP contribution >= 0.6 is 0 Å². The van der Waals surface area contributed by atoms with E-state index >= 15 is 0 Å². The lowest BCUT2D eigenvalue weighted by atomic mass is 9.99. The van der Waals surface area contributed by atoms with E-state index in [-0.39, 0.29) is 5.56 Å². The number of aromatic nitrogens is 2. The molecule has 0 aliphatic rings. The number of hydrogen-bond acceptors (Lipinski definition) is 2. The molecule has 0 radical (unpaired) electrons. The van der Waals surface area contributed by atoms with Gasteiger partial charge in [0.2, 0.25) is 0 Å². The van der Waals surface area contributed by atoms with Crippen LogP contribution in [0.5, 0.6) is 0 Å². The third-order valence-corrected chi connectivity index (χ3v) is 2.49. The van der Waals surface area contributed by atoms with Gasteiger partial charge in [0, 0.05) is 24.3 Å². The van der Waals surface area contributed by atoms with Gasteiger partial charge in [-0.05, 0) is 17.7 Å². The summed E-state index contributed by atoms with van der Waals surface area (Å²) < 4.78 is 38.1. The molecular formula is C10H10F3N3. The molecule has 2 rings (SSSR count). The summed E-state index contributed by atoms with van der Waals surface area (Å²) in [5, 5.41) is 0.468. The van der Waals surface area contributed by atoms with Gasteiger partial charge in [-0.25, -0.2) is 4.98 Å². The maximum absolute atomic E-state index is 12.7. The zero-order chi connectivity index (χ0) is 11.8. The van der Waals surface area contributed by atoms with E-state index in [1.165, 1.54) is 12.4 Å². The molecule has 0 fully saturated rings. The number of hydrogen-bond donors (Lipinski definition) is 2. The second-order valence-corrected chi connectivity index (χ2v) is 3.47. The summed E-state index contributed by atoms with van der Waals surface area (Å²) in [6.07, 6.45) is -1.49. The fraction of sp³-hybridized carbons (Fsp3) is 0.300. The zero-order valence-corrected chi connectivity index (χ0v) is 8.25. The first-order chi connectivity index (χ1) is 7.54. The molecule has 1 atom stereocenters. The number of nitrogens with two attached hydrogens (primary N) is 1. The number of nitrogens with zero attached hydrogens (tertiary/aromatic N) is 1. The zero-order valence-electron chi connectivity index (χ0n) is 8.25. The molecule has 0 saturated heterocycles. The van der Waals surface area contributed by atoms with Crippen molar-refractivity contribution in [2.75, 3.05) is 6.54 Å². The number of halogens is 3. The van der Waals surface area contributed by atoms with Crippen LogP contribution in [0.2, 0.25) is 0 Å². The Morgan fingerprint density at radius 1 is 1.44 bits per heavy atom. The molecule has 0 aliphatic carbocycles. The second kappa shape index (κ2) is 3.79. The molecule has 2 heterocycles. The van der Waals surface area contributed by atoms with Gasteiger partial charge in [0.1, 0.15) is 5.65 Å². The van der Waals surface area contributed by atoms with Crippen molar-refractivity contribution in [3.05, 3.63) is 30.1 Å². The highest BCUT2D eigenvalue weighted by atomic mass is 19.4. The van der Waals surface area contributed by atoms with E-state index in [4.69, 9.17) is 5.73 Å². The Kier molecular flexibility index (Phi) is 2.59. The minimum absolute atomic E-state index is 0.151. The number of fused-ring (bicyclic) bond motifs is 1. The van der Waals surface area contributed by atoms with Crippen molar-refractivity contribution < 1.29 is 13.2 Å². The van der Waals surface area contributed by atoms with Crippen LogP contribution in [0.25, 0.3) is 11.0 Å². The first-order valence-electron chi connectivity index (χ1n) is 4.73. The fourth-order valence-electron chi connectivity index (χ4n) is 1.70. The predicted molar refractivity (Wildman–Crippen MR) is 53.9 cm³/mol. The van der Waals surface area contributed by atoms with Gasteiger partial charge >= 0.3 is 6.18 Å². The van der Waals surface area contributed by atoms with Gasteiger partial charge < -0.3 is 10.7 Å². The molecule has 0 bridgehead atoms. The molecule has 0 spiro atoms. The third kappa shape index (κ3) is 1.76. The first-order valence-corrected chi connectivity index (χ1v) is 4.73. The van der Waals surface area contributed by atoms with Gasteiger partial charge in [0.15, 0.2) is 0 Å². The number of aromatic amines is 1. The maximum Gasteiger partial charge on any atom is 0.397 e. The standard InChI is InChI=1S/C10H10F3N3/c11-10(12,13)8(4-14)7-5-16-9-6(7)2-1-3-15-9/h1-3,5,8H,4,14H2,(H,15,16)/t8-/m0/s1. The smallest absolute Gasteiger partial charge is 0.346 e. The normalized spacial score (nSPS) is 14.2. The SMILES string of the molecule is NC[C@@H](c1c[nH]c2ncccc12)C(F)(F)F. The van der Waals surface area contributed by atoms with E-state index in [0.29, 0.717) is 11.0 Å². The summed E-state index contributed by atoms with van der Waals surface area (Å²) >= 11 is 0. The maximum atomic E-state index is 12.7. The summed E-state index contributed by atoms with van der Waals surface area (Å²) in [5.74, 6) is -1.65. The number of alkyl halides is 3. The quantitative estimate of drug-likeness (QED) is 0.829. The Labute approximate surface area is 89.5 Å². The Morgan fingerprint density at radius 3 is 2.81 bits per heavy atom. The van der Waals surface area contributed by atoms with Crippen molar-refractivity contribution in [2.45, 2.75) is 12.1 Å². The van der Waals surface area contributed by atoms with Crippen LogP contribution in [-0.4, -0.2) is 22.7 Å². The molecule has 0 amide bonds. The molecule has 0 aliphatic heterocycles. The molecule has 2 aromatic heterocycles. The lowest BCUT2D eigenvalue weighted by Gasteiger charge is -2.17. The van der Waals surface area contributed by atoms with Gasteiger partial charge in [-0.1, -0.05) is 0 Å². The van der Waals surface area contributed by atoms with Gasteiger partial charge in [0.05, 0.1) is 5.92 Å². The Hall–Kier alpha value is -1.56. The molecule has 2 aromatic rings. The monoisotopic (exact) mass is 229 g/mol. The molecule has 6 heteroatoms. The molecule has 3 nitrogen and oxygen atoms in total. The Morgan fingerprint density at radius 2 is 2.19 bits per heavy atom. The number of rotatable bonds is 2. The Balaban J connectivity index is 2.54. The average Bonchev–Trinajstić information content (AvgIpc) is 2.61. The number of H-pyrrole nitrogens is 1. The lowest BCUT2D eigenvalue weighted by Crippen LogP contribution is -2.27. The number of nitrogens with one attached hydrogen (secondary N) is 1. The van der Waals surface area contributed by atoms with Crippen molar-refractivity contribution >= 4 is 11.0 Å². The van der Waals surface area contributed by atoms with Gasteiger partial charge in [-0.3, -0.25) is 0 Å². The molecule has 0 aromatic carbocycles. The van der Waals surface area contributed by atoms with E-state index in [0.717, 1.165) is 0 Å². The van der Waals surface area contributed by atoms with E-state index in [2.05, 4.69) is 9.97 Å². The third-order valence-electron chi connectivity index (χ3n) is 2.49. The van der Waals surface area contributed by atoms with Crippen LogP contribution in [0.1, 0.15) is 11.5 Å². The van der Waals surface area contributed by atoms with Crippen LogP contribution in [-0.2, 0) is 0 Å². The average molecular weight is 229 g/mol. The van der Waals surface area contributed by atoms with Gasteiger partial charge in [-0.15, -0.1) is 0 Å². The summed E-state index contributed by atoms with van der Waals surface area (Å²) in [6, 6.07) is 3.20. The lowest BCUT2D eigenvalue weighted by molar-refractivity contribution is -0.147. The molecule has 86 valence electrons. The van der Waals surface area contributed by atoms with Crippen LogP contribution in [0.4, 0.5) is 13.2 Å². The molecule has 16 heavy (non-hydrogen) atoms. The summed E-state index contributed by atoms with van der Waals surface area (Å²) in [7, 11) is 0. The van der Waals surface area contributed by atoms with Crippen LogP contribution in [0.15, 0.2) is 24.5 Å². The minimum atomic E-state index is -4.33. The van der Waals surface area contributed by atoms with Crippen molar-refractivity contribution in [2.24, 2.45) is 5.73 Å². The Bertz CT molecular complexity index is 489. The highest BCUT2D eigenvalue weighted by molar-refractivity contribution is 5.80. The number of pyridine rings is 1. The van der Waals surface area contributed by atoms with E-state index in [1.807, 2.05) is 0 Å². The topological polar surface area (TPSA) is 54.7 Å². The largest absolute Gasteiger partial charge is 0.397 e.